The van der Waals surface area contributed by atoms with E-state index in [-0.39, 0.29) is 17.2 Å². The van der Waals surface area contributed by atoms with Crippen LogP contribution in [0.25, 0.3) is 11.4 Å². The summed E-state index contributed by atoms with van der Waals surface area (Å²) < 4.78 is 1.90. The standard InChI is InChI=1S/C20H19N5O2S/c1-2-12-25-19(14-8-4-3-5-9-14)23-24-20(25)28-13-17(26)22-16-11-7-6-10-15(16)18(21)27/h2-11H,1,12-13H2,(H2,21,27)(H,22,26). The summed E-state index contributed by atoms with van der Waals surface area (Å²) in [6.45, 7) is 4.30. The minimum atomic E-state index is -0.596. The van der Waals surface area contributed by atoms with Crippen LogP contribution in [0.1, 0.15) is 10.4 Å². The van der Waals surface area contributed by atoms with Crippen molar-refractivity contribution < 1.29 is 9.59 Å². The average molecular weight is 393 g/mol. The fourth-order valence-corrected chi connectivity index (χ4v) is 3.36. The van der Waals surface area contributed by atoms with Crippen molar-refractivity contribution in [2.24, 2.45) is 5.73 Å². The lowest BCUT2D eigenvalue weighted by Crippen LogP contribution is -2.19. The number of aromatic nitrogens is 3. The summed E-state index contributed by atoms with van der Waals surface area (Å²) >= 11 is 1.26. The number of nitrogens with one attached hydrogen (secondary N) is 1. The number of nitrogens with two attached hydrogens (primary N) is 1. The molecule has 3 aromatic rings. The van der Waals surface area contributed by atoms with Crippen molar-refractivity contribution in [3.8, 4) is 11.4 Å². The van der Waals surface area contributed by atoms with Gasteiger partial charge in [-0.1, -0.05) is 60.3 Å². The molecule has 0 fully saturated rings. The molecule has 0 saturated heterocycles. The van der Waals surface area contributed by atoms with E-state index in [1.54, 1.807) is 30.3 Å². The van der Waals surface area contributed by atoms with Crippen LogP contribution in [0.2, 0.25) is 0 Å². The van der Waals surface area contributed by atoms with Crippen LogP contribution < -0.4 is 11.1 Å². The molecule has 1 aromatic heterocycles. The Kier molecular flexibility index (Phi) is 6.23. The van der Waals surface area contributed by atoms with Crippen molar-refractivity contribution >= 4 is 29.3 Å². The van der Waals surface area contributed by atoms with E-state index in [9.17, 15) is 9.59 Å². The first-order chi connectivity index (χ1) is 13.6. The van der Waals surface area contributed by atoms with Crippen LogP contribution in [0.15, 0.2) is 72.4 Å². The third kappa shape index (κ3) is 4.47. The summed E-state index contributed by atoms with van der Waals surface area (Å²) in [5, 5.41) is 11.8. The van der Waals surface area contributed by atoms with E-state index in [2.05, 4.69) is 22.1 Å². The first-order valence-corrected chi connectivity index (χ1v) is 9.49. The van der Waals surface area contributed by atoms with E-state index in [0.717, 1.165) is 5.56 Å². The fourth-order valence-electron chi connectivity index (χ4n) is 2.61. The molecule has 28 heavy (non-hydrogen) atoms. The van der Waals surface area contributed by atoms with Gasteiger partial charge in [0.15, 0.2) is 11.0 Å². The lowest BCUT2D eigenvalue weighted by atomic mass is 10.1. The van der Waals surface area contributed by atoms with Crippen molar-refractivity contribution in [2.75, 3.05) is 11.1 Å². The largest absolute Gasteiger partial charge is 0.366 e. The Balaban J connectivity index is 1.73. The van der Waals surface area contributed by atoms with Gasteiger partial charge in [0.2, 0.25) is 5.91 Å². The molecule has 8 heteroatoms. The Morgan fingerprint density at radius 3 is 2.54 bits per heavy atom. The van der Waals surface area contributed by atoms with Gasteiger partial charge in [-0.2, -0.15) is 0 Å². The molecule has 0 aliphatic heterocycles. The second kappa shape index (κ2) is 9.01. The Morgan fingerprint density at radius 1 is 1.11 bits per heavy atom. The van der Waals surface area contributed by atoms with Gasteiger partial charge in [-0.15, -0.1) is 16.8 Å². The predicted molar refractivity (Wildman–Crippen MR) is 110 cm³/mol. The van der Waals surface area contributed by atoms with Gasteiger partial charge in [0.25, 0.3) is 5.91 Å². The maximum Gasteiger partial charge on any atom is 0.250 e. The number of nitrogens with zero attached hydrogens (tertiary/aromatic N) is 3. The van der Waals surface area contributed by atoms with Crippen molar-refractivity contribution in [3.63, 3.8) is 0 Å². The molecular weight excluding hydrogens is 374 g/mol. The summed E-state index contributed by atoms with van der Waals surface area (Å²) in [5.74, 6) is -0.0469. The number of carbonyl (C=O) groups excluding carboxylic acids is 2. The Bertz CT molecular complexity index is 1000. The van der Waals surface area contributed by atoms with E-state index in [4.69, 9.17) is 5.73 Å². The van der Waals surface area contributed by atoms with Gasteiger partial charge in [0.1, 0.15) is 0 Å². The number of hydrogen-bond acceptors (Lipinski definition) is 5. The van der Waals surface area contributed by atoms with E-state index in [0.29, 0.717) is 23.2 Å². The summed E-state index contributed by atoms with van der Waals surface area (Å²) in [4.78, 5) is 23.8. The van der Waals surface area contributed by atoms with Crippen LogP contribution in [-0.2, 0) is 11.3 Å². The maximum absolute atomic E-state index is 12.3. The number of allylic oxidation sites excluding steroid dienone is 1. The second-order valence-corrected chi connectivity index (χ2v) is 6.76. The monoisotopic (exact) mass is 393 g/mol. The van der Waals surface area contributed by atoms with Gasteiger partial charge in [-0.3, -0.25) is 14.2 Å². The summed E-state index contributed by atoms with van der Waals surface area (Å²) in [7, 11) is 0. The molecule has 0 atom stereocenters. The third-order valence-electron chi connectivity index (χ3n) is 3.86. The molecule has 1 heterocycles. The van der Waals surface area contributed by atoms with Gasteiger partial charge in [0, 0.05) is 12.1 Å². The van der Waals surface area contributed by atoms with Crippen molar-refractivity contribution in [2.45, 2.75) is 11.7 Å². The summed E-state index contributed by atoms with van der Waals surface area (Å²) in [5.41, 5.74) is 6.93. The molecule has 0 aliphatic rings. The Hall–Kier alpha value is -3.39. The molecule has 7 nitrogen and oxygen atoms in total. The minimum absolute atomic E-state index is 0.108. The van der Waals surface area contributed by atoms with E-state index < -0.39 is 5.91 Å². The van der Waals surface area contributed by atoms with Crippen molar-refractivity contribution in [1.29, 1.82) is 0 Å². The smallest absolute Gasteiger partial charge is 0.250 e. The number of thioether (sulfide) groups is 1. The number of hydrogen-bond donors (Lipinski definition) is 2. The van der Waals surface area contributed by atoms with Crippen molar-refractivity contribution in [1.82, 2.24) is 14.8 Å². The summed E-state index contributed by atoms with van der Waals surface area (Å²) in [6.07, 6.45) is 1.75. The fraction of sp³-hybridized carbons (Fsp3) is 0.100. The molecule has 0 aliphatic carbocycles. The number of amides is 2. The molecule has 0 unspecified atom stereocenters. The van der Waals surface area contributed by atoms with Crippen LogP contribution in [0.3, 0.4) is 0 Å². The second-order valence-electron chi connectivity index (χ2n) is 5.82. The Labute approximate surface area is 166 Å². The van der Waals surface area contributed by atoms with Gasteiger partial charge in [0.05, 0.1) is 17.0 Å². The zero-order valence-corrected chi connectivity index (χ0v) is 15.9. The number of benzene rings is 2. The number of primary amides is 1. The highest BCUT2D eigenvalue weighted by Crippen LogP contribution is 2.24. The normalized spacial score (nSPS) is 10.4. The molecule has 2 aromatic carbocycles. The highest BCUT2D eigenvalue weighted by atomic mass is 32.2. The molecular formula is C20H19N5O2S. The zero-order chi connectivity index (χ0) is 19.9. The number of carbonyl (C=O) groups is 2. The quantitative estimate of drug-likeness (QED) is 0.452. The molecule has 2 amide bonds. The predicted octanol–water partition coefficient (Wildman–Crippen LogP) is 2.96. The molecule has 3 rings (SSSR count). The molecule has 0 bridgehead atoms. The number of anilines is 1. The zero-order valence-electron chi connectivity index (χ0n) is 15.0. The highest BCUT2D eigenvalue weighted by Gasteiger charge is 2.16. The van der Waals surface area contributed by atoms with Crippen LogP contribution in [-0.4, -0.2) is 32.3 Å². The van der Waals surface area contributed by atoms with Crippen LogP contribution in [0, 0.1) is 0 Å². The Morgan fingerprint density at radius 2 is 1.82 bits per heavy atom. The topological polar surface area (TPSA) is 103 Å². The maximum atomic E-state index is 12.3. The lowest BCUT2D eigenvalue weighted by Gasteiger charge is -2.09. The van der Waals surface area contributed by atoms with Crippen LogP contribution in [0.5, 0.6) is 0 Å². The van der Waals surface area contributed by atoms with Crippen molar-refractivity contribution in [3.05, 3.63) is 72.8 Å². The SMILES string of the molecule is C=CCn1c(SCC(=O)Nc2ccccc2C(N)=O)nnc1-c1ccccc1. The highest BCUT2D eigenvalue weighted by molar-refractivity contribution is 7.99. The van der Waals surface area contributed by atoms with Gasteiger partial charge < -0.3 is 11.1 Å². The van der Waals surface area contributed by atoms with E-state index in [1.807, 2.05) is 34.9 Å². The van der Waals surface area contributed by atoms with Gasteiger partial charge in [-0.05, 0) is 12.1 Å². The first kappa shape index (κ1) is 19.4. The molecule has 0 radical (unpaired) electrons. The molecule has 0 spiro atoms. The molecule has 142 valence electrons. The van der Waals surface area contributed by atoms with Crippen LogP contribution in [0.4, 0.5) is 5.69 Å². The lowest BCUT2D eigenvalue weighted by molar-refractivity contribution is -0.113. The van der Waals surface area contributed by atoms with Crippen LogP contribution >= 0.6 is 11.8 Å². The molecule has 3 N–H and O–H groups in total. The third-order valence-corrected chi connectivity index (χ3v) is 4.83. The minimum Gasteiger partial charge on any atom is -0.366 e. The van der Waals surface area contributed by atoms with E-state index >= 15 is 0 Å². The number of para-hydroxylation sites is 1. The first-order valence-electron chi connectivity index (χ1n) is 8.51. The average Bonchev–Trinajstić information content (AvgIpc) is 3.10. The number of rotatable bonds is 8. The summed E-state index contributed by atoms with van der Waals surface area (Å²) in [6, 6.07) is 16.3. The van der Waals surface area contributed by atoms with Gasteiger partial charge in [-0.25, -0.2) is 0 Å². The van der Waals surface area contributed by atoms with Gasteiger partial charge >= 0.3 is 0 Å². The van der Waals surface area contributed by atoms with E-state index in [1.165, 1.54) is 11.8 Å². The molecule has 0 saturated carbocycles.